The summed E-state index contributed by atoms with van der Waals surface area (Å²) < 4.78 is 5.76. The third kappa shape index (κ3) is 3.12. The Labute approximate surface area is 142 Å². The van der Waals surface area contributed by atoms with Crippen molar-refractivity contribution in [3.05, 3.63) is 11.9 Å². The lowest BCUT2D eigenvalue weighted by molar-refractivity contribution is -0.207. The SMILES string of the molecule is CCOC1CC(O)C12CCN(C(=O)NCc1cnn(CC)n1)CC2. The van der Waals surface area contributed by atoms with Crippen molar-refractivity contribution in [3.8, 4) is 0 Å². The monoisotopic (exact) mass is 337 g/mol. The highest BCUT2D eigenvalue weighted by molar-refractivity contribution is 5.74. The zero-order valence-corrected chi connectivity index (χ0v) is 14.4. The fourth-order valence-corrected chi connectivity index (χ4v) is 3.79. The third-order valence-corrected chi connectivity index (χ3v) is 5.38. The second-order valence-corrected chi connectivity index (χ2v) is 6.60. The van der Waals surface area contributed by atoms with E-state index >= 15 is 0 Å². The number of aliphatic hydroxyl groups excluding tert-OH is 1. The molecule has 3 rings (SSSR count). The maximum atomic E-state index is 12.3. The van der Waals surface area contributed by atoms with Crippen LogP contribution in [0.4, 0.5) is 4.79 Å². The predicted molar refractivity (Wildman–Crippen MR) is 87.2 cm³/mol. The number of nitrogens with zero attached hydrogens (tertiary/aromatic N) is 4. The van der Waals surface area contributed by atoms with Gasteiger partial charge in [-0.15, -0.1) is 0 Å². The molecule has 2 atom stereocenters. The Morgan fingerprint density at radius 2 is 2.21 bits per heavy atom. The van der Waals surface area contributed by atoms with Gasteiger partial charge in [0.2, 0.25) is 0 Å². The van der Waals surface area contributed by atoms with E-state index in [0.717, 1.165) is 18.5 Å². The quantitative estimate of drug-likeness (QED) is 0.827. The number of hydrogen-bond acceptors (Lipinski definition) is 5. The van der Waals surface area contributed by atoms with Crippen molar-refractivity contribution in [2.75, 3.05) is 19.7 Å². The summed E-state index contributed by atoms with van der Waals surface area (Å²) in [6.45, 7) is 7.01. The summed E-state index contributed by atoms with van der Waals surface area (Å²) in [4.78, 5) is 15.7. The molecule has 1 aromatic rings. The van der Waals surface area contributed by atoms with Gasteiger partial charge in [0, 0.05) is 31.5 Å². The molecule has 8 heteroatoms. The number of ether oxygens (including phenoxy) is 1. The highest BCUT2D eigenvalue weighted by atomic mass is 16.5. The van der Waals surface area contributed by atoms with Crippen molar-refractivity contribution in [1.29, 1.82) is 0 Å². The van der Waals surface area contributed by atoms with E-state index in [0.29, 0.717) is 39.2 Å². The van der Waals surface area contributed by atoms with Crippen LogP contribution >= 0.6 is 0 Å². The van der Waals surface area contributed by atoms with Crippen molar-refractivity contribution < 1.29 is 14.6 Å². The van der Waals surface area contributed by atoms with E-state index in [-0.39, 0.29) is 23.7 Å². The van der Waals surface area contributed by atoms with Crippen LogP contribution in [0.25, 0.3) is 0 Å². The third-order valence-electron chi connectivity index (χ3n) is 5.38. The minimum absolute atomic E-state index is 0.0855. The molecular weight excluding hydrogens is 310 g/mol. The molecule has 2 amide bonds. The Kier molecular flexibility index (Phi) is 5.05. The van der Waals surface area contributed by atoms with Gasteiger partial charge in [0.15, 0.2) is 0 Å². The lowest BCUT2D eigenvalue weighted by Crippen LogP contribution is -2.63. The number of piperidine rings is 1. The first-order valence-corrected chi connectivity index (χ1v) is 8.80. The number of urea groups is 1. The molecule has 2 heterocycles. The standard InChI is InChI=1S/C16H27N5O3/c1-3-21-18-11-12(19-21)10-17-15(23)20-7-5-16(6-8-20)13(22)9-14(16)24-4-2/h11,13-14,22H,3-10H2,1-2H3,(H,17,23). The second-order valence-electron chi connectivity index (χ2n) is 6.60. The molecule has 0 radical (unpaired) electrons. The van der Waals surface area contributed by atoms with Gasteiger partial charge in [-0.05, 0) is 26.7 Å². The van der Waals surface area contributed by atoms with E-state index in [9.17, 15) is 9.90 Å². The summed E-state index contributed by atoms with van der Waals surface area (Å²) in [7, 11) is 0. The van der Waals surface area contributed by atoms with Crippen molar-refractivity contribution in [3.63, 3.8) is 0 Å². The van der Waals surface area contributed by atoms with E-state index in [1.165, 1.54) is 0 Å². The number of amides is 2. The number of carbonyl (C=O) groups is 1. The molecule has 0 bridgehead atoms. The Hall–Kier alpha value is -1.67. The summed E-state index contributed by atoms with van der Waals surface area (Å²) in [6, 6.07) is -0.0855. The molecule has 134 valence electrons. The number of carbonyl (C=O) groups excluding carboxylic acids is 1. The fraction of sp³-hybridized carbons (Fsp3) is 0.812. The highest BCUT2D eigenvalue weighted by Gasteiger charge is 2.56. The maximum Gasteiger partial charge on any atom is 0.317 e. The largest absolute Gasteiger partial charge is 0.392 e. The summed E-state index contributed by atoms with van der Waals surface area (Å²) in [5, 5.41) is 21.5. The predicted octanol–water partition coefficient (Wildman–Crippen LogP) is 0.759. The van der Waals surface area contributed by atoms with Gasteiger partial charge in [-0.2, -0.15) is 15.0 Å². The first-order chi connectivity index (χ1) is 11.6. The molecule has 2 unspecified atom stereocenters. The van der Waals surface area contributed by atoms with E-state index in [1.54, 1.807) is 11.0 Å². The van der Waals surface area contributed by atoms with Crippen LogP contribution in [0.5, 0.6) is 0 Å². The van der Waals surface area contributed by atoms with Crippen LogP contribution in [0.15, 0.2) is 6.20 Å². The number of aromatic nitrogens is 3. The topological polar surface area (TPSA) is 92.5 Å². The van der Waals surface area contributed by atoms with Gasteiger partial charge in [0.25, 0.3) is 0 Å². The highest BCUT2D eigenvalue weighted by Crippen LogP contribution is 2.50. The molecule has 1 saturated carbocycles. The summed E-state index contributed by atoms with van der Waals surface area (Å²) in [6.07, 6.45) is 3.80. The first kappa shape index (κ1) is 17.2. The Morgan fingerprint density at radius 3 is 2.79 bits per heavy atom. The number of nitrogens with one attached hydrogen (secondary N) is 1. The maximum absolute atomic E-state index is 12.3. The summed E-state index contributed by atoms with van der Waals surface area (Å²) >= 11 is 0. The van der Waals surface area contributed by atoms with Crippen LogP contribution < -0.4 is 5.32 Å². The van der Waals surface area contributed by atoms with Crippen LogP contribution in [-0.4, -0.2) is 62.9 Å². The van der Waals surface area contributed by atoms with Crippen molar-refractivity contribution >= 4 is 6.03 Å². The van der Waals surface area contributed by atoms with Gasteiger partial charge in [-0.25, -0.2) is 4.79 Å². The number of likely N-dealkylation sites (tertiary alicyclic amines) is 1. The molecule has 1 spiro atoms. The Bertz CT molecular complexity index is 566. The molecule has 1 saturated heterocycles. The average Bonchev–Trinajstić information content (AvgIpc) is 3.08. The van der Waals surface area contributed by atoms with E-state index in [2.05, 4.69) is 15.5 Å². The van der Waals surface area contributed by atoms with Gasteiger partial charge in [-0.1, -0.05) is 0 Å². The number of rotatable bonds is 5. The lowest BCUT2D eigenvalue weighted by atomic mass is 9.58. The normalized spacial score (nSPS) is 25.5. The molecule has 1 aliphatic carbocycles. The van der Waals surface area contributed by atoms with Gasteiger partial charge in [0.05, 0.1) is 31.5 Å². The molecule has 2 aliphatic rings. The van der Waals surface area contributed by atoms with Crippen molar-refractivity contribution in [1.82, 2.24) is 25.2 Å². The van der Waals surface area contributed by atoms with Gasteiger partial charge in [-0.3, -0.25) is 0 Å². The van der Waals surface area contributed by atoms with Gasteiger partial charge in [0.1, 0.15) is 5.69 Å². The average molecular weight is 337 g/mol. The molecular formula is C16H27N5O3. The number of hydrogen-bond donors (Lipinski definition) is 2. The molecule has 2 N–H and O–H groups in total. The lowest BCUT2D eigenvalue weighted by Gasteiger charge is -2.56. The van der Waals surface area contributed by atoms with Gasteiger partial charge < -0.3 is 20.1 Å². The first-order valence-electron chi connectivity index (χ1n) is 8.80. The van der Waals surface area contributed by atoms with Crippen LogP contribution in [-0.2, 0) is 17.8 Å². The van der Waals surface area contributed by atoms with Crippen molar-refractivity contribution in [2.45, 2.75) is 58.4 Å². The fourth-order valence-electron chi connectivity index (χ4n) is 3.79. The van der Waals surface area contributed by atoms with E-state index < -0.39 is 0 Å². The molecule has 1 aromatic heterocycles. The minimum atomic E-state index is -0.302. The summed E-state index contributed by atoms with van der Waals surface area (Å²) in [5.41, 5.74) is 0.598. The van der Waals surface area contributed by atoms with Crippen molar-refractivity contribution in [2.24, 2.45) is 5.41 Å². The zero-order valence-electron chi connectivity index (χ0n) is 14.4. The molecule has 1 aliphatic heterocycles. The molecule has 2 fully saturated rings. The Balaban J connectivity index is 1.48. The van der Waals surface area contributed by atoms with Crippen LogP contribution in [0.3, 0.4) is 0 Å². The zero-order chi connectivity index (χ0) is 17.2. The molecule has 8 nitrogen and oxygen atoms in total. The van der Waals surface area contributed by atoms with Crippen LogP contribution in [0.2, 0.25) is 0 Å². The van der Waals surface area contributed by atoms with Crippen LogP contribution in [0, 0.1) is 5.41 Å². The van der Waals surface area contributed by atoms with Crippen LogP contribution in [0.1, 0.15) is 38.8 Å². The number of aryl methyl sites for hydroxylation is 1. The number of aliphatic hydroxyl groups is 1. The van der Waals surface area contributed by atoms with E-state index in [4.69, 9.17) is 4.74 Å². The molecule has 24 heavy (non-hydrogen) atoms. The summed E-state index contributed by atoms with van der Waals surface area (Å²) in [5.74, 6) is 0. The van der Waals surface area contributed by atoms with E-state index in [1.807, 2.05) is 18.7 Å². The molecule has 0 aromatic carbocycles. The minimum Gasteiger partial charge on any atom is -0.392 e. The van der Waals surface area contributed by atoms with Gasteiger partial charge >= 0.3 is 6.03 Å². The Morgan fingerprint density at radius 1 is 1.46 bits per heavy atom. The smallest absolute Gasteiger partial charge is 0.317 e. The second kappa shape index (κ2) is 7.06.